The molecule has 1 N–H and O–H groups in total. The molecule has 0 aliphatic carbocycles. The van der Waals surface area contributed by atoms with Crippen molar-refractivity contribution < 1.29 is 19.4 Å². The summed E-state index contributed by atoms with van der Waals surface area (Å²) in [5.41, 5.74) is 0. The number of hydrogen-bond donors (Lipinski definition) is 1. The van der Waals surface area contributed by atoms with Gasteiger partial charge in [-0.1, -0.05) is 6.08 Å². The van der Waals surface area contributed by atoms with Crippen molar-refractivity contribution in [3.05, 3.63) is 30.4 Å². The van der Waals surface area contributed by atoms with E-state index in [1.165, 1.54) is 11.8 Å². The zero-order valence-electron chi connectivity index (χ0n) is 9.67. The largest absolute Gasteiger partial charge is 0.497 e. The summed E-state index contributed by atoms with van der Waals surface area (Å²) >= 11 is 1.49. The molecule has 92 valence electrons. The monoisotopic (exact) mass is 254 g/mol. The Hall–Kier alpha value is -1.62. The normalized spacial score (nSPS) is 10.5. The van der Waals surface area contributed by atoms with Gasteiger partial charge in [-0.15, -0.1) is 11.8 Å². The van der Waals surface area contributed by atoms with Crippen LogP contribution < -0.4 is 9.47 Å². The Labute approximate surface area is 104 Å². The van der Waals surface area contributed by atoms with E-state index in [1.54, 1.807) is 20.3 Å². The summed E-state index contributed by atoms with van der Waals surface area (Å²) in [6, 6.07) is 5.50. The molecule has 0 saturated carbocycles. The van der Waals surface area contributed by atoms with E-state index in [-0.39, 0.29) is 0 Å². The summed E-state index contributed by atoms with van der Waals surface area (Å²) in [5, 5.41) is 8.45. The summed E-state index contributed by atoms with van der Waals surface area (Å²) in [6.45, 7) is 0. The van der Waals surface area contributed by atoms with E-state index in [0.717, 1.165) is 22.5 Å². The number of ether oxygens (including phenoxy) is 2. The summed E-state index contributed by atoms with van der Waals surface area (Å²) in [7, 11) is 3.19. The third kappa shape index (κ3) is 4.40. The van der Waals surface area contributed by atoms with Gasteiger partial charge in [0.05, 0.1) is 19.1 Å². The van der Waals surface area contributed by atoms with Crippen LogP contribution >= 0.6 is 11.8 Å². The van der Waals surface area contributed by atoms with Crippen LogP contribution in [-0.4, -0.2) is 31.0 Å². The van der Waals surface area contributed by atoms with Crippen molar-refractivity contribution in [2.45, 2.75) is 4.90 Å². The van der Waals surface area contributed by atoms with Crippen LogP contribution in [0.2, 0.25) is 0 Å². The third-order valence-electron chi connectivity index (χ3n) is 1.97. The van der Waals surface area contributed by atoms with Crippen LogP contribution in [0.4, 0.5) is 0 Å². The Morgan fingerprint density at radius 2 is 2.18 bits per heavy atom. The number of carboxylic acid groups (broad SMARTS) is 1. The fraction of sp³-hybridized carbons (Fsp3) is 0.250. The van der Waals surface area contributed by atoms with Crippen molar-refractivity contribution >= 4 is 17.7 Å². The lowest BCUT2D eigenvalue weighted by Crippen LogP contribution is -1.90. The summed E-state index contributed by atoms with van der Waals surface area (Å²) in [4.78, 5) is 11.2. The quantitative estimate of drug-likeness (QED) is 0.624. The molecule has 1 rings (SSSR count). The molecule has 0 amide bonds. The van der Waals surface area contributed by atoms with E-state index in [4.69, 9.17) is 14.6 Å². The minimum atomic E-state index is -0.941. The molecule has 0 radical (unpaired) electrons. The Bertz CT molecular complexity index is 415. The maximum absolute atomic E-state index is 10.3. The standard InChI is InChI=1S/C12H14O4S/c1-15-9-5-6-10(16-2)11(8-9)17-7-3-4-12(13)14/h3-6,8H,7H2,1-2H3,(H,13,14)/b4-3+. The van der Waals surface area contributed by atoms with Crippen LogP contribution in [0.3, 0.4) is 0 Å². The highest BCUT2D eigenvalue weighted by molar-refractivity contribution is 7.99. The molecule has 0 saturated heterocycles. The Morgan fingerprint density at radius 3 is 2.76 bits per heavy atom. The highest BCUT2D eigenvalue weighted by Gasteiger charge is 2.04. The van der Waals surface area contributed by atoms with E-state index >= 15 is 0 Å². The molecular formula is C12H14O4S. The molecule has 0 aliphatic rings. The molecule has 5 heteroatoms. The molecule has 17 heavy (non-hydrogen) atoms. The first-order chi connectivity index (χ1) is 8.17. The number of benzene rings is 1. The van der Waals surface area contributed by atoms with Gasteiger partial charge in [0, 0.05) is 11.8 Å². The lowest BCUT2D eigenvalue weighted by molar-refractivity contribution is -0.131. The van der Waals surface area contributed by atoms with E-state index < -0.39 is 5.97 Å². The fourth-order valence-corrected chi connectivity index (χ4v) is 2.05. The third-order valence-corrected chi connectivity index (χ3v) is 2.96. The number of methoxy groups -OCH3 is 2. The van der Waals surface area contributed by atoms with Crippen molar-refractivity contribution in [1.29, 1.82) is 0 Å². The first-order valence-electron chi connectivity index (χ1n) is 4.91. The zero-order valence-corrected chi connectivity index (χ0v) is 10.5. The van der Waals surface area contributed by atoms with Crippen LogP contribution in [-0.2, 0) is 4.79 Å². The van der Waals surface area contributed by atoms with Gasteiger partial charge in [0.15, 0.2) is 0 Å². The van der Waals surface area contributed by atoms with Crippen LogP contribution in [0.15, 0.2) is 35.2 Å². The summed E-state index contributed by atoms with van der Waals surface area (Å²) in [6.07, 6.45) is 2.71. The van der Waals surface area contributed by atoms with Crippen LogP contribution in [0, 0.1) is 0 Å². The first kappa shape index (κ1) is 13.4. The van der Waals surface area contributed by atoms with E-state index in [9.17, 15) is 4.79 Å². The number of rotatable bonds is 6. The molecule has 0 aromatic heterocycles. The average Bonchev–Trinajstić information content (AvgIpc) is 2.34. The molecule has 0 unspecified atom stereocenters. The highest BCUT2D eigenvalue weighted by atomic mass is 32.2. The Kier molecular flexibility index (Phi) is 5.42. The van der Waals surface area contributed by atoms with Crippen molar-refractivity contribution in [2.75, 3.05) is 20.0 Å². The van der Waals surface area contributed by atoms with Crippen molar-refractivity contribution in [3.63, 3.8) is 0 Å². The summed E-state index contributed by atoms with van der Waals surface area (Å²) < 4.78 is 10.3. The summed E-state index contributed by atoms with van der Waals surface area (Å²) in [5.74, 6) is 1.12. The number of hydrogen-bond acceptors (Lipinski definition) is 4. The molecule has 0 fully saturated rings. The second-order valence-electron chi connectivity index (χ2n) is 3.07. The first-order valence-corrected chi connectivity index (χ1v) is 5.90. The fourth-order valence-electron chi connectivity index (χ4n) is 1.18. The van der Waals surface area contributed by atoms with Crippen LogP contribution in [0.25, 0.3) is 0 Å². The van der Waals surface area contributed by atoms with E-state index in [2.05, 4.69) is 0 Å². The second-order valence-corrected chi connectivity index (χ2v) is 4.13. The predicted octanol–water partition coefficient (Wildman–Crippen LogP) is 2.44. The smallest absolute Gasteiger partial charge is 0.328 e. The molecule has 0 bridgehead atoms. The number of aliphatic carboxylic acids is 1. The lowest BCUT2D eigenvalue weighted by atomic mass is 10.3. The average molecular weight is 254 g/mol. The van der Waals surface area contributed by atoms with Crippen LogP contribution in [0.1, 0.15) is 0 Å². The molecule has 1 aromatic rings. The number of thioether (sulfide) groups is 1. The van der Waals surface area contributed by atoms with Crippen molar-refractivity contribution in [1.82, 2.24) is 0 Å². The molecule has 4 nitrogen and oxygen atoms in total. The zero-order chi connectivity index (χ0) is 12.7. The van der Waals surface area contributed by atoms with Gasteiger partial charge in [-0.2, -0.15) is 0 Å². The predicted molar refractivity (Wildman–Crippen MR) is 67.0 cm³/mol. The lowest BCUT2D eigenvalue weighted by Gasteiger charge is -2.08. The highest BCUT2D eigenvalue weighted by Crippen LogP contribution is 2.32. The SMILES string of the molecule is COc1ccc(OC)c(SC/C=C/C(=O)O)c1. The molecule has 0 heterocycles. The van der Waals surface area contributed by atoms with E-state index in [1.807, 2.05) is 18.2 Å². The van der Waals surface area contributed by atoms with Gasteiger partial charge >= 0.3 is 5.97 Å². The molecule has 0 atom stereocenters. The van der Waals surface area contributed by atoms with Gasteiger partial charge < -0.3 is 14.6 Å². The minimum absolute atomic E-state index is 0.565. The maximum atomic E-state index is 10.3. The van der Waals surface area contributed by atoms with Gasteiger partial charge in [-0.25, -0.2) is 4.79 Å². The van der Waals surface area contributed by atoms with Gasteiger partial charge in [0.2, 0.25) is 0 Å². The Morgan fingerprint density at radius 1 is 1.41 bits per heavy atom. The van der Waals surface area contributed by atoms with Crippen molar-refractivity contribution in [2.24, 2.45) is 0 Å². The van der Waals surface area contributed by atoms with E-state index in [0.29, 0.717) is 5.75 Å². The maximum Gasteiger partial charge on any atom is 0.328 e. The Balaban J connectivity index is 2.70. The van der Waals surface area contributed by atoms with Gasteiger partial charge in [-0.05, 0) is 18.2 Å². The van der Waals surface area contributed by atoms with Crippen LogP contribution in [0.5, 0.6) is 11.5 Å². The van der Waals surface area contributed by atoms with Gasteiger partial charge in [0.25, 0.3) is 0 Å². The molecule has 0 spiro atoms. The molecular weight excluding hydrogens is 240 g/mol. The van der Waals surface area contributed by atoms with Gasteiger partial charge in [-0.3, -0.25) is 0 Å². The molecule has 0 aliphatic heterocycles. The minimum Gasteiger partial charge on any atom is -0.497 e. The number of carbonyl (C=O) groups is 1. The topological polar surface area (TPSA) is 55.8 Å². The van der Waals surface area contributed by atoms with Gasteiger partial charge in [0.1, 0.15) is 11.5 Å². The molecule has 1 aromatic carbocycles. The van der Waals surface area contributed by atoms with Crippen molar-refractivity contribution in [3.8, 4) is 11.5 Å². The number of carboxylic acids is 1. The second kappa shape index (κ2) is 6.85.